The van der Waals surface area contributed by atoms with E-state index in [-0.39, 0.29) is 24.2 Å². The molecule has 204 valence electrons. The van der Waals surface area contributed by atoms with E-state index >= 15 is 0 Å². The van der Waals surface area contributed by atoms with E-state index in [2.05, 4.69) is 52.7 Å². The summed E-state index contributed by atoms with van der Waals surface area (Å²) in [6, 6.07) is 6.90. The van der Waals surface area contributed by atoms with Gasteiger partial charge in [0.05, 0.1) is 26.9 Å². The minimum Gasteiger partial charge on any atom is -0.497 e. The van der Waals surface area contributed by atoms with Crippen LogP contribution in [0.3, 0.4) is 0 Å². The highest BCUT2D eigenvalue weighted by atomic mass is 28.4. The first-order valence-corrected chi connectivity index (χ1v) is 15.5. The number of hydrogen-bond acceptors (Lipinski definition) is 7. The first-order valence-electron chi connectivity index (χ1n) is 12.6. The zero-order valence-corrected chi connectivity index (χ0v) is 24.1. The molecule has 36 heavy (non-hydrogen) atoms. The molecular formula is C27H45NO7Si. The highest BCUT2D eigenvalue weighted by Crippen LogP contribution is 2.46. The molecule has 1 aromatic carbocycles. The van der Waals surface area contributed by atoms with Crippen molar-refractivity contribution in [2.75, 3.05) is 20.3 Å². The quantitative estimate of drug-likeness (QED) is 0.298. The fourth-order valence-corrected chi connectivity index (χ4v) is 6.55. The van der Waals surface area contributed by atoms with E-state index < -0.39 is 39.0 Å². The van der Waals surface area contributed by atoms with Gasteiger partial charge in [-0.25, -0.2) is 0 Å². The third-order valence-corrected chi connectivity index (χ3v) is 12.1. The maximum Gasteiger partial charge on any atom is 0.217 e. The SMILES string of the molecule is C=CCO[C@H]1[C@H](O)[C@@H](COCc2ccc(OC)cc2)O[C@@H](O[Si](C)(C)C(C)(C)C(C)C)[C@@H]1NC(C)=O. The molecule has 5 atom stereocenters. The molecule has 0 bridgehead atoms. The van der Waals surface area contributed by atoms with E-state index in [1.807, 2.05) is 24.3 Å². The van der Waals surface area contributed by atoms with Gasteiger partial charge in [0.2, 0.25) is 5.91 Å². The summed E-state index contributed by atoms with van der Waals surface area (Å²) < 4.78 is 30.1. The second-order valence-electron chi connectivity index (χ2n) is 10.7. The van der Waals surface area contributed by atoms with Crippen LogP contribution in [-0.4, -0.2) is 70.3 Å². The maximum atomic E-state index is 12.1. The number of carbonyl (C=O) groups excluding carboxylic acids is 1. The smallest absolute Gasteiger partial charge is 0.217 e. The van der Waals surface area contributed by atoms with Crippen LogP contribution in [0, 0.1) is 5.92 Å². The summed E-state index contributed by atoms with van der Waals surface area (Å²) in [7, 11) is -0.744. The number of carbonyl (C=O) groups is 1. The largest absolute Gasteiger partial charge is 0.497 e. The van der Waals surface area contributed by atoms with Gasteiger partial charge in [-0.15, -0.1) is 6.58 Å². The molecule has 2 N–H and O–H groups in total. The average Bonchev–Trinajstić information content (AvgIpc) is 2.81. The van der Waals surface area contributed by atoms with Crippen molar-refractivity contribution in [3.8, 4) is 5.75 Å². The Balaban J connectivity index is 2.25. The second kappa shape index (κ2) is 13.2. The molecule has 1 aliphatic heterocycles. The lowest BCUT2D eigenvalue weighted by Gasteiger charge is -2.50. The Bertz CT molecular complexity index is 843. The maximum absolute atomic E-state index is 12.1. The number of rotatable bonds is 13. The third kappa shape index (κ3) is 7.63. The van der Waals surface area contributed by atoms with Gasteiger partial charge in [0.25, 0.3) is 0 Å². The molecule has 8 nitrogen and oxygen atoms in total. The molecule has 0 unspecified atom stereocenters. The Hall–Kier alpha value is -1.75. The number of methoxy groups -OCH3 is 1. The van der Waals surface area contributed by atoms with Crippen LogP contribution < -0.4 is 10.1 Å². The highest BCUT2D eigenvalue weighted by Gasteiger charge is 2.52. The van der Waals surface area contributed by atoms with Crippen molar-refractivity contribution in [1.82, 2.24) is 5.32 Å². The molecular weight excluding hydrogens is 478 g/mol. The van der Waals surface area contributed by atoms with Crippen LogP contribution in [0.4, 0.5) is 0 Å². The standard InChI is InChI=1S/C27H45NO7Si/c1-10-15-33-25-23(28-19(4)29)26(35-36(8,9)27(5,6)18(2)3)34-22(24(25)30)17-32-16-20-11-13-21(31-7)14-12-20/h10-14,18,22-26,30H,1,15-17H2,2-9H3,(H,28,29)/t22-,23-,24-,25-,26+/m1/s1. The zero-order valence-electron chi connectivity index (χ0n) is 23.1. The fourth-order valence-electron chi connectivity index (χ4n) is 4.07. The zero-order chi connectivity index (χ0) is 27.1. The van der Waals surface area contributed by atoms with E-state index in [1.165, 1.54) is 6.92 Å². The number of nitrogens with one attached hydrogen (secondary N) is 1. The Kier molecular flexibility index (Phi) is 11.1. The summed E-state index contributed by atoms with van der Waals surface area (Å²) in [6.07, 6.45) is -1.70. The summed E-state index contributed by atoms with van der Waals surface area (Å²) in [4.78, 5) is 12.1. The van der Waals surface area contributed by atoms with E-state index in [1.54, 1.807) is 13.2 Å². The van der Waals surface area contributed by atoms with Crippen molar-refractivity contribution in [3.05, 3.63) is 42.5 Å². The number of amides is 1. The van der Waals surface area contributed by atoms with Gasteiger partial charge in [0, 0.05) is 6.92 Å². The van der Waals surface area contributed by atoms with E-state index in [0.717, 1.165) is 11.3 Å². The molecule has 1 heterocycles. The van der Waals surface area contributed by atoms with Gasteiger partial charge >= 0.3 is 0 Å². The topological polar surface area (TPSA) is 95.5 Å². The first kappa shape index (κ1) is 30.5. The van der Waals surface area contributed by atoms with Crippen LogP contribution in [0.15, 0.2) is 36.9 Å². The predicted octanol–water partition coefficient (Wildman–Crippen LogP) is 4.03. The molecule has 0 spiro atoms. The third-order valence-electron chi connectivity index (χ3n) is 7.57. The Labute approximate surface area is 217 Å². The van der Waals surface area contributed by atoms with E-state index in [9.17, 15) is 9.90 Å². The fraction of sp³-hybridized carbons (Fsp3) is 0.667. The molecule has 0 aromatic heterocycles. The van der Waals surface area contributed by atoms with Gasteiger partial charge in [-0.05, 0) is 41.7 Å². The lowest BCUT2D eigenvalue weighted by molar-refractivity contribution is -0.258. The van der Waals surface area contributed by atoms with Gasteiger partial charge in [0.15, 0.2) is 14.6 Å². The second-order valence-corrected chi connectivity index (χ2v) is 15.3. The molecule has 2 rings (SSSR count). The van der Waals surface area contributed by atoms with Gasteiger partial charge in [-0.3, -0.25) is 4.79 Å². The van der Waals surface area contributed by atoms with E-state index in [4.69, 9.17) is 23.4 Å². The number of aliphatic hydroxyl groups is 1. The lowest BCUT2D eigenvalue weighted by Crippen LogP contribution is -2.67. The van der Waals surface area contributed by atoms with Crippen LogP contribution in [0.2, 0.25) is 18.1 Å². The normalized spacial score (nSPS) is 25.0. The molecule has 1 amide bonds. The summed E-state index contributed by atoms with van der Waals surface area (Å²) in [6.45, 7) is 18.9. The Morgan fingerprint density at radius 2 is 1.92 bits per heavy atom. The highest BCUT2D eigenvalue weighted by molar-refractivity contribution is 6.74. The van der Waals surface area contributed by atoms with E-state index in [0.29, 0.717) is 12.5 Å². The van der Waals surface area contributed by atoms with Crippen molar-refractivity contribution in [2.45, 2.75) is 90.0 Å². The van der Waals surface area contributed by atoms with Crippen molar-refractivity contribution >= 4 is 14.2 Å². The number of ether oxygens (including phenoxy) is 4. The van der Waals surface area contributed by atoms with Crippen LogP contribution in [0.1, 0.15) is 40.2 Å². The number of benzene rings is 1. The Morgan fingerprint density at radius 1 is 1.28 bits per heavy atom. The molecule has 0 radical (unpaired) electrons. The van der Waals surface area contributed by atoms with Gasteiger partial charge in [-0.2, -0.15) is 0 Å². The van der Waals surface area contributed by atoms with Gasteiger partial charge in [0.1, 0.15) is 30.1 Å². The van der Waals surface area contributed by atoms with Gasteiger partial charge < -0.3 is 33.8 Å². The number of aliphatic hydroxyl groups excluding tert-OH is 1. The summed E-state index contributed by atoms with van der Waals surface area (Å²) in [5.74, 6) is 0.893. The van der Waals surface area contributed by atoms with Crippen LogP contribution in [0.25, 0.3) is 0 Å². The van der Waals surface area contributed by atoms with Crippen molar-refractivity contribution in [1.29, 1.82) is 0 Å². The Morgan fingerprint density at radius 3 is 2.44 bits per heavy atom. The summed E-state index contributed by atoms with van der Waals surface area (Å²) >= 11 is 0. The molecule has 0 saturated carbocycles. The van der Waals surface area contributed by atoms with Crippen molar-refractivity contribution in [2.24, 2.45) is 5.92 Å². The van der Waals surface area contributed by atoms with Crippen LogP contribution in [0.5, 0.6) is 5.75 Å². The van der Waals surface area contributed by atoms with Crippen LogP contribution in [-0.2, 0) is 30.0 Å². The molecule has 0 aliphatic carbocycles. The molecule has 1 aromatic rings. The molecule has 1 fully saturated rings. The van der Waals surface area contributed by atoms with Crippen molar-refractivity contribution in [3.63, 3.8) is 0 Å². The lowest BCUT2D eigenvalue weighted by atomic mass is 9.96. The number of hydrogen-bond donors (Lipinski definition) is 2. The predicted molar refractivity (Wildman–Crippen MR) is 142 cm³/mol. The van der Waals surface area contributed by atoms with Crippen LogP contribution >= 0.6 is 0 Å². The monoisotopic (exact) mass is 523 g/mol. The summed E-state index contributed by atoms with van der Waals surface area (Å²) in [5.41, 5.74) is 0.969. The first-order chi connectivity index (χ1) is 16.8. The van der Waals surface area contributed by atoms with Crippen molar-refractivity contribution < 1.29 is 33.3 Å². The minimum atomic E-state index is -2.37. The summed E-state index contributed by atoms with van der Waals surface area (Å²) in [5, 5.41) is 14.0. The molecule has 1 aliphatic rings. The van der Waals surface area contributed by atoms with Gasteiger partial charge in [-0.1, -0.05) is 45.9 Å². The average molecular weight is 524 g/mol. The molecule has 1 saturated heterocycles. The molecule has 9 heteroatoms. The minimum absolute atomic E-state index is 0.0783.